The maximum absolute atomic E-state index is 5.45. The largest absolute Gasteiger partial charge is 0.337 e. The topological polar surface area (TPSA) is 32.0 Å². The second-order valence-electron chi connectivity index (χ2n) is 4.74. The molecule has 0 aliphatic heterocycles. The van der Waals surface area contributed by atoms with E-state index in [-0.39, 0.29) is 0 Å². The van der Waals surface area contributed by atoms with Crippen LogP contribution in [0, 0.1) is 4.77 Å². The van der Waals surface area contributed by atoms with E-state index in [1.165, 1.54) is 5.56 Å². The average Bonchev–Trinajstić information content (AvgIpc) is 2.82. The molecule has 108 valence electrons. The fraction of sp³-hybridized carbons (Fsp3) is 0.385. The number of nitrogens with zero attached hydrogens (tertiary/aromatic N) is 3. The van der Waals surface area contributed by atoms with Crippen molar-refractivity contribution < 1.29 is 4.52 Å². The minimum Gasteiger partial charge on any atom is -0.337 e. The normalized spacial score (nSPS) is 15.8. The molecule has 0 amide bonds. The van der Waals surface area contributed by atoms with Crippen LogP contribution < -0.4 is 0 Å². The van der Waals surface area contributed by atoms with Crippen LogP contribution in [0.1, 0.15) is 18.4 Å². The maximum Gasteiger partial charge on any atom is 0.203 e. The highest BCUT2D eigenvalue weighted by Crippen LogP contribution is 2.43. The Morgan fingerprint density at radius 1 is 1.35 bits per heavy atom. The summed E-state index contributed by atoms with van der Waals surface area (Å²) in [6.45, 7) is 4.79. The van der Waals surface area contributed by atoms with Gasteiger partial charge in [0.25, 0.3) is 0 Å². The number of hydrogen-bond donors (Lipinski definition) is 0. The van der Waals surface area contributed by atoms with Crippen LogP contribution in [0.5, 0.6) is 0 Å². The molecule has 0 bridgehead atoms. The van der Waals surface area contributed by atoms with Crippen LogP contribution in [0.15, 0.2) is 36.7 Å². The molecule has 0 spiro atoms. The summed E-state index contributed by atoms with van der Waals surface area (Å²) in [5.41, 5.74) is 1.27. The lowest BCUT2D eigenvalue weighted by Crippen LogP contribution is -2.08. The minimum atomic E-state index is -2.10. The quantitative estimate of drug-likeness (QED) is 0.620. The Labute approximate surface area is 129 Å². The van der Waals surface area contributed by atoms with Gasteiger partial charge >= 0.3 is 0 Å². The monoisotopic (exact) mass is 327 g/mol. The van der Waals surface area contributed by atoms with Gasteiger partial charge in [-0.3, -0.25) is 4.34 Å². The van der Waals surface area contributed by atoms with Crippen LogP contribution in [0.3, 0.4) is 0 Å². The van der Waals surface area contributed by atoms with Crippen molar-refractivity contribution in [3.05, 3.63) is 47.0 Å². The summed E-state index contributed by atoms with van der Waals surface area (Å²) in [5, 5.41) is 4.35. The summed E-state index contributed by atoms with van der Waals surface area (Å²) >= 11 is 10.9. The summed E-state index contributed by atoms with van der Waals surface area (Å²) in [5.74, 6) is 0.337. The number of aromatic nitrogens is 3. The highest BCUT2D eigenvalue weighted by molar-refractivity contribution is 8.11. The van der Waals surface area contributed by atoms with E-state index in [0.29, 0.717) is 10.7 Å². The fourth-order valence-corrected chi connectivity index (χ4v) is 3.91. The molecule has 1 heterocycles. The highest BCUT2D eigenvalue weighted by atomic mass is 32.4. The summed E-state index contributed by atoms with van der Waals surface area (Å²) in [7, 11) is 1.62. The molecule has 0 N–H and O–H groups in total. The molecule has 0 aliphatic carbocycles. The Kier molecular flexibility index (Phi) is 4.91. The summed E-state index contributed by atoms with van der Waals surface area (Å²) in [6.07, 6.45) is -0.411. The third-order valence-electron chi connectivity index (χ3n) is 3.26. The zero-order valence-corrected chi connectivity index (χ0v) is 14.3. The first-order valence-corrected chi connectivity index (χ1v) is 9.82. The van der Waals surface area contributed by atoms with Crippen LogP contribution in [0.25, 0.3) is 0 Å². The standard InChI is InChI=1S/C13H18N3OPS2/c1-11(12-7-5-4-6-8-12)9-15-13(19)16(10-14-15)18(3,20)17-2/h4-8,10-11H,9H2,1-3H3. The lowest BCUT2D eigenvalue weighted by atomic mass is 10.0. The molecule has 2 unspecified atom stereocenters. The molecular formula is C13H18N3OPS2. The first-order valence-electron chi connectivity index (χ1n) is 6.29. The second-order valence-corrected chi connectivity index (χ2v) is 9.54. The minimum absolute atomic E-state index is 0.337. The molecule has 0 saturated carbocycles. The predicted molar refractivity (Wildman–Crippen MR) is 88.5 cm³/mol. The molecular weight excluding hydrogens is 309 g/mol. The van der Waals surface area contributed by atoms with Crippen molar-refractivity contribution in [2.24, 2.45) is 0 Å². The molecule has 2 atom stereocenters. The third-order valence-corrected chi connectivity index (χ3v) is 6.53. The van der Waals surface area contributed by atoms with Crippen molar-refractivity contribution in [2.45, 2.75) is 19.4 Å². The molecule has 0 saturated heterocycles. The van der Waals surface area contributed by atoms with Crippen LogP contribution in [-0.2, 0) is 22.9 Å². The number of benzene rings is 1. The van der Waals surface area contributed by atoms with Crippen LogP contribution in [0.2, 0.25) is 0 Å². The van der Waals surface area contributed by atoms with E-state index in [1.54, 1.807) is 17.8 Å². The summed E-state index contributed by atoms with van der Waals surface area (Å²) < 4.78 is 9.62. The fourth-order valence-electron chi connectivity index (χ4n) is 1.94. The Bertz CT molecular complexity index is 680. The molecule has 1 aromatic carbocycles. The zero-order valence-electron chi connectivity index (χ0n) is 11.8. The van der Waals surface area contributed by atoms with E-state index in [9.17, 15) is 0 Å². The second kappa shape index (κ2) is 6.31. The Hall–Kier alpha value is -0.810. The molecule has 0 fully saturated rings. The van der Waals surface area contributed by atoms with Crippen molar-refractivity contribution >= 4 is 30.4 Å². The van der Waals surface area contributed by atoms with Gasteiger partial charge in [-0.15, -0.1) is 0 Å². The van der Waals surface area contributed by atoms with Gasteiger partial charge in [0.15, 0.2) is 6.42 Å². The van der Waals surface area contributed by atoms with E-state index in [0.717, 1.165) is 6.54 Å². The van der Waals surface area contributed by atoms with Gasteiger partial charge in [0.05, 0.1) is 6.54 Å². The van der Waals surface area contributed by atoms with E-state index in [2.05, 4.69) is 24.2 Å². The highest BCUT2D eigenvalue weighted by Gasteiger charge is 2.16. The number of hydrogen-bond acceptors (Lipinski definition) is 4. The lowest BCUT2D eigenvalue weighted by molar-refractivity contribution is 0.455. The van der Waals surface area contributed by atoms with Gasteiger partial charge in [-0.05, 0) is 29.6 Å². The summed E-state index contributed by atoms with van der Waals surface area (Å²) in [6, 6.07) is 10.3. The SMILES string of the molecule is COP(C)(=S)n1cnn(CC(C)c2ccccc2)c1=S. The van der Waals surface area contributed by atoms with Crippen molar-refractivity contribution in [1.29, 1.82) is 0 Å². The molecule has 2 aromatic rings. The van der Waals surface area contributed by atoms with Gasteiger partial charge in [0.2, 0.25) is 4.77 Å². The molecule has 4 nitrogen and oxygen atoms in total. The molecule has 1 aromatic heterocycles. The van der Waals surface area contributed by atoms with E-state index >= 15 is 0 Å². The lowest BCUT2D eigenvalue weighted by Gasteiger charge is -2.15. The van der Waals surface area contributed by atoms with Crippen LogP contribution in [-0.4, -0.2) is 27.9 Å². The van der Waals surface area contributed by atoms with Gasteiger partial charge in [-0.1, -0.05) is 37.3 Å². The van der Waals surface area contributed by atoms with Gasteiger partial charge in [0, 0.05) is 19.7 Å². The predicted octanol–water partition coefficient (Wildman–Crippen LogP) is 3.65. The first-order chi connectivity index (χ1) is 9.45. The first kappa shape index (κ1) is 15.6. The van der Waals surface area contributed by atoms with Crippen LogP contribution in [0.4, 0.5) is 0 Å². The smallest absolute Gasteiger partial charge is 0.203 e. The maximum atomic E-state index is 5.45. The number of rotatable bonds is 5. The van der Waals surface area contributed by atoms with Crippen molar-refractivity contribution in [3.8, 4) is 0 Å². The average molecular weight is 327 g/mol. The van der Waals surface area contributed by atoms with E-state index in [4.69, 9.17) is 28.5 Å². The Morgan fingerprint density at radius 3 is 2.60 bits per heavy atom. The summed E-state index contributed by atoms with van der Waals surface area (Å²) in [4.78, 5) is 0. The van der Waals surface area contributed by atoms with E-state index in [1.807, 2.05) is 29.5 Å². The van der Waals surface area contributed by atoms with Crippen molar-refractivity contribution in [3.63, 3.8) is 0 Å². The van der Waals surface area contributed by atoms with Gasteiger partial charge < -0.3 is 4.52 Å². The third kappa shape index (κ3) is 3.26. The van der Waals surface area contributed by atoms with E-state index < -0.39 is 6.42 Å². The van der Waals surface area contributed by atoms with Gasteiger partial charge in [-0.2, -0.15) is 5.10 Å². The van der Waals surface area contributed by atoms with Gasteiger partial charge in [0.1, 0.15) is 6.33 Å². The van der Waals surface area contributed by atoms with Crippen molar-refractivity contribution in [2.75, 3.05) is 13.8 Å². The van der Waals surface area contributed by atoms with Crippen molar-refractivity contribution in [1.82, 2.24) is 14.1 Å². The molecule has 2 rings (SSSR count). The Balaban J connectivity index is 2.24. The zero-order chi connectivity index (χ0) is 14.8. The van der Waals surface area contributed by atoms with Crippen LogP contribution >= 0.6 is 18.6 Å². The Morgan fingerprint density at radius 2 is 2.00 bits per heavy atom. The molecule has 0 aliphatic rings. The molecule has 0 radical (unpaired) electrons. The van der Waals surface area contributed by atoms with Gasteiger partial charge in [-0.25, -0.2) is 4.68 Å². The molecule has 7 heteroatoms. The molecule has 20 heavy (non-hydrogen) atoms.